The zero-order chi connectivity index (χ0) is 22.4. The summed E-state index contributed by atoms with van der Waals surface area (Å²) in [7, 11) is 0. The molecule has 0 aliphatic rings. The van der Waals surface area contributed by atoms with Crippen molar-refractivity contribution in [2.24, 2.45) is 28.3 Å². The molecule has 2 amide bonds. The number of carbonyl (C=O) groups excluding carboxylic acids is 2. The summed E-state index contributed by atoms with van der Waals surface area (Å²) in [5.74, 6) is -4.81. The molecule has 1 aromatic heterocycles. The number of hydroxylamine groups is 1. The van der Waals surface area contributed by atoms with Crippen molar-refractivity contribution in [2.75, 3.05) is 5.75 Å². The molecular formula is C16H17F3N6O4S. The van der Waals surface area contributed by atoms with E-state index < -0.39 is 41.5 Å². The molecule has 0 aliphatic heterocycles. The number of alkyl halides is 2. The van der Waals surface area contributed by atoms with Crippen LogP contribution in [0.15, 0.2) is 32.8 Å². The van der Waals surface area contributed by atoms with Crippen LogP contribution in [-0.2, 0) is 9.59 Å². The maximum absolute atomic E-state index is 13.4. The number of thioether (sulfide) groups is 1. The summed E-state index contributed by atoms with van der Waals surface area (Å²) < 4.78 is 43.8. The van der Waals surface area contributed by atoms with E-state index in [4.69, 9.17) is 11.5 Å². The standard InChI is InChI=1S/C16H17F3N6O4S/c1-6(10(13(20)26)14(21)27)5-30-16-11(24-29-25-16)15(23-28)22-7-2-3-9(17)8(4-7)12(18)19/h2-4,6,10,12,28H,5H2,1H3,(H2,20,26)(H2,21,27)(H,22,23). The molecule has 0 radical (unpaired) electrons. The molecule has 0 spiro atoms. The van der Waals surface area contributed by atoms with Crippen molar-refractivity contribution in [3.05, 3.63) is 35.3 Å². The number of amides is 2. The van der Waals surface area contributed by atoms with Gasteiger partial charge in [-0.25, -0.2) is 22.8 Å². The number of halogens is 3. The Morgan fingerprint density at radius 3 is 2.53 bits per heavy atom. The normalized spacial score (nSPS) is 13.0. The van der Waals surface area contributed by atoms with E-state index in [1.807, 2.05) is 0 Å². The van der Waals surface area contributed by atoms with E-state index in [0.29, 0.717) is 0 Å². The number of aromatic nitrogens is 2. The van der Waals surface area contributed by atoms with Gasteiger partial charge in [-0.3, -0.25) is 20.3 Å². The Hall–Kier alpha value is -3.13. The number of primary amides is 2. The summed E-state index contributed by atoms with van der Waals surface area (Å²) >= 11 is 0.995. The van der Waals surface area contributed by atoms with Crippen LogP contribution in [0.5, 0.6) is 0 Å². The van der Waals surface area contributed by atoms with Crippen LogP contribution in [0.3, 0.4) is 0 Å². The van der Waals surface area contributed by atoms with Gasteiger partial charge in [0.05, 0.1) is 11.3 Å². The van der Waals surface area contributed by atoms with E-state index in [-0.39, 0.29) is 28.0 Å². The first-order valence-corrected chi connectivity index (χ1v) is 9.25. The van der Waals surface area contributed by atoms with Crippen LogP contribution in [-0.4, -0.2) is 38.9 Å². The fourth-order valence-electron chi connectivity index (χ4n) is 2.46. The van der Waals surface area contributed by atoms with Crippen LogP contribution < -0.4 is 16.9 Å². The molecule has 1 unspecified atom stereocenters. The summed E-state index contributed by atoms with van der Waals surface area (Å²) in [4.78, 5) is 26.7. The van der Waals surface area contributed by atoms with E-state index >= 15 is 0 Å². The summed E-state index contributed by atoms with van der Waals surface area (Å²) in [5, 5.41) is 16.7. The van der Waals surface area contributed by atoms with Crippen LogP contribution >= 0.6 is 11.8 Å². The number of hydrogen-bond acceptors (Lipinski definition) is 8. The topological polar surface area (TPSA) is 170 Å². The largest absolute Gasteiger partial charge is 0.369 e. The summed E-state index contributed by atoms with van der Waals surface area (Å²) in [5.41, 5.74) is 11.1. The number of rotatable bonds is 9. The first-order chi connectivity index (χ1) is 14.1. The van der Waals surface area contributed by atoms with Crippen LogP contribution in [0.1, 0.15) is 24.6 Å². The highest BCUT2D eigenvalue weighted by Gasteiger charge is 2.29. The second kappa shape index (κ2) is 10.1. The molecule has 0 aliphatic carbocycles. The monoisotopic (exact) mass is 446 g/mol. The molecule has 1 atom stereocenters. The molecular weight excluding hydrogens is 429 g/mol. The van der Waals surface area contributed by atoms with Gasteiger partial charge in [-0.15, -0.1) is 11.8 Å². The predicted octanol–water partition coefficient (Wildman–Crippen LogP) is 1.52. The van der Waals surface area contributed by atoms with Gasteiger partial charge in [0.25, 0.3) is 6.43 Å². The molecule has 1 aromatic carbocycles. The van der Waals surface area contributed by atoms with Gasteiger partial charge in [0.2, 0.25) is 11.8 Å². The minimum absolute atomic E-state index is 0.0904. The molecule has 0 saturated heterocycles. The third kappa shape index (κ3) is 5.48. The number of amidine groups is 1. The Kier molecular flexibility index (Phi) is 7.77. The fourth-order valence-corrected chi connectivity index (χ4v) is 3.43. The fraction of sp³-hybridized carbons (Fsp3) is 0.312. The smallest absolute Gasteiger partial charge is 0.266 e. The molecule has 0 saturated carbocycles. The van der Waals surface area contributed by atoms with Gasteiger partial charge in [-0.2, -0.15) is 0 Å². The van der Waals surface area contributed by atoms with Crippen LogP contribution in [0.4, 0.5) is 18.9 Å². The van der Waals surface area contributed by atoms with Crippen molar-refractivity contribution in [3.8, 4) is 0 Å². The minimum Gasteiger partial charge on any atom is -0.369 e. The van der Waals surface area contributed by atoms with Gasteiger partial charge >= 0.3 is 0 Å². The van der Waals surface area contributed by atoms with Crippen molar-refractivity contribution in [1.82, 2.24) is 15.8 Å². The van der Waals surface area contributed by atoms with Gasteiger partial charge < -0.3 is 11.5 Å². The highest BCUT2D eigenvalue weighted by atomic mass is 32.2. The first-order valence-electron chi connectivity index (χ1n) is 8.26. The second-order valence-corrected chi connectivity index (χ2v) is 7.08. The number of hydrogen-bond donors (Lipinski definition) is 4. The lowest BCUT2D eigenvalue weighted by Crippen LogP contribution is -2.40. The Bertz CT molecular complexity index is 941. The van der Waals surface area contributed by atoms with E-state index in [9.17, 15) is 28.0 Å². The molecule has 0 fully saturated rings. The van der Waals surface area contributed by atoms with Crippen molar-refractivity contribution >= 4 is 35.1 Å². The molecule has 10 nitrogen and oxygen atoms in total. The third-order valence-electron chi connectivity index (χ3n) is 3.91. The molecule has 6 N–H and O–H groups in total. The van der Waals surface area contributed by atoms with E-state index in [0.717, 1.165) is 30.0 Å². The average molecular weight is 446 g/mol. The van der Waals surface area contributed by atoms with Crippen LogP contribution in [0.2, 0.25) is 0 Å². The van der Waals surface area contributed by atoms with Crippen LogP contribution in [0.25, 0.3) is 0 Å². The molecule has 1 heterocycles. The number of nitrogens with two attached hydrogens (primary N) is 2. The third-order valence-corrected chi connectivity index (χ3v) is 5.14. The zero-order valence-corrected chi connectivity index (χ0v) is 16.2. The minimum atomic E-state index is -3.06. The summed E-state index contributed by atoms with van der Waals surface area (Å²) in [6, 6.07) is 2.73. The zero-order valence-electron chi connectivity index (χ0n) is 15.4. The lowest BCUT2D eigenvalue weighted by Gasteiger charge is -2.16. The Labute approximate surface area is 171 Å². The van der Waals surface area contributed by atoms with Gasteiger partial charge in [0, 0.05) is 5.75 Å². The average Bonchev–Trinajstić information content (AvgIpc) is 3.13. The van der Waals surface area contributed by atoms with Gasteiger partial charge in [-0.1, -0.05) is 6.92 Å². The Balaban J connectivity index is 2.25. The second-order valence-electron chi connectivity index (χ2n) is 6.07. The number of nitrogens with one attached hydrogen (secondary N) is 1. The Morgan fingerprint density at radius 2 is 1.97 bits per heavy atom. The van der Waals surface area contributed by atoms with Crippen LogP contribution in [0, 0.1) is 17.7 Å². The highest BCUT2D eigenvalue weighted by Crippen LogP contribution is 2.28. The number of aliphatic imine (C=N–C) groups is 1. The molecule has 30 heavy (non-hydrogen) atoms. The van der Waals surface area contributed by atoms with E-state index in [1.165, 1.54) is 0 Å². The first kappa shape index (κ1) is 23.2. The molecule has 14 heteroatoms. The summed E-state index contributed by atoms with van der Waals surface area (Å²) in [6.45, 7) is 1.57. The lowest BCUT2D eigenvalue weighted by molar-refractivity contribution is -0.133. The van der Waals surface area contributed by atoms with Gasteiger partial charge in [0.15, 0.2) is 16.6 Å². The number of nitrogens with zero attached hydrogens (tertiary/aromatic N) is 3. The predicted molar refractivity (Wildman–Crippen MR) is 98.5 cm³/mol. The van der Waals surface area contributed by atoms with Gasteiger partial charge in [0.1, 0.15) is 11.7 Å². The molecule has 2 aromatic rings. The molecule has 162 valence electrons. The SMILES string of the molecule is CC(CSc1nonc1C(=Nc1ccc(F)c(C(F)F)c1)NO)C(C(N)=O)C(N)=O. The van der Waals surface area contributed by atoms with Crippen molar-refractivity contribution < 1.29 is 32.6 Å². The maximum Gasteiger partial charge on any atom is 0.266 e. The van der Waals surface area contributed by atoms with Crippen molar-refractivity contribution in [2.45, 2.75) is 18.4 Å². The lowest BCUT2D eigenvalue weighted by atomic mass is 9.94. The van der Waals surface area contributed by atoms with Crippen molar-refractivity contribution in [1.29, 1.82) is 0 Å². The van der Waals surface area contributed by atoms with Gasteiger partial charge in [-0.05, 0) is 34.4 Å². The molecule has 2 rings (SSSR count). The maximum atomic E-state index is 13.4. The van der Waals surface area contributed by atoms with E-state index in [1.54, 1.807) is 12.4 Å². The molecule has 0 bridgehead atoms. The number of benzene rings is 1. The number of carbonyl (C=O) groups is 2. The highest BCUT2D eigenvalue weighted by molar-refractivity contribution is 7.99. The van der Waals surface area contributed by atoms with E-state index in [2.05, 4.69) is 19.9 Å². The van der Waals surface area contributed by atoms with Crippen molar-refractivity contribution in [3.63, 3.8) is 0 Å². The summed E-state index contributed by atoms with van der Waals surface area (Å²) in [6.07, 6.45) is -3.06. The Morgan fingerprint density at radius 1 is 1.30 bits per heavy atom. The quantitative estimate of drug-likeness (QED) is 0.148.